The van der Waals surface area contributed by atoms with Gasteiger partial charge in [0.2, 0.25) is 0 Å². The zero-order valence-electron chi connectivity index (χ0n) is 8.48. The molecule has 1 aromatic carbocycles. The second kappa shape index (κ2) is 4.94. The van der Waals surface area contributed by atoms with E-state index in [9.17, 15) is 4.79 Å². The molecule has 1 heterocycles. The Bertz CT molecular complexity index is 320. The molecule has 1 radical (unpaired) electrons. The minimum absolute atomic E-state index is 0.216. The maximum atomic E-state index is 11.3. The van der Waals surface area contributed by atoms with Gasteiger partial charge in [0.25, 0.3) is 0 Å². The van der Waals surface area contributed by atoms with E-state index < -0.39 is 0 Å². The van der Waals surface area contributed by atoms with Crippen molar-refractivity contribution in [2.75, 3.05) is 6.54 Å². The fourth-order valence-corrected chi connectivity index (χ4v) is 1.39. The van der Waals surface area contributed by atoms with E-state index in [-0.39, 0.29) is 12.0 Å². The van der Waals surface area contributed by atoms with Gasteiger partial charge in [0.1, 0.15) is 6.61 Å². The minimum Gasteiger partial charge on any atom is -0.461 e. The molecule has 0 aliphatic carbocycles. The van der Waals surface area contributed by atoms with Gasteiger partial charge < -0.3 is 10.1 Å². The lowest BCUT2D eigenvalue weighted by molar-refractivity contribution is -0.141. The van der Waals surface area contributed by atoms with Crippen LogP contribution in [0.5, 0.6) is 0 Å². The van der Waals surface area contributed by atoms with Gasteiger partial charge in [-0.15, -0.1) is 0 Å². The molecule has 1 fully saturated rings. The van der Waals surface area contributed by atoms with Crippen molar-refractivity contribution in [1.82, 2.24) is 5.32 Å². The molecule has 0 saturated carbocycles. The van der Waals surface area contributed by atoms with Crippen molar-refractivity contribution in [3.63, 3.8) is 0 Å². The van der Waals surface area contributed by atoms with Crippen LogP contribution < -0.4 is 5.32 Å². The van der Waals surface area contributed by atoms with E-state index >= 15 is 0 Å². The number of hydrogen-bond donors (Lipinski definition) is 1. The monoisotopic (exact) mass is 204 g/mol. The Kier molecular flexibility index (Phi) is 3.35. The minimum atomic E-state index is -0.240. The molecule has 15 heavy (non-hydrogen) atoms. The van der Waals surface area contributed by atoms with E-state index in [4.69, 9.17) is 4.74 Å². The standard InChI is InChI=1S/C12H14NO2/c14-12(8-11-6-7-13-11)15-9-10-4-2-1-3-5-10/h1-5,8,11,13H,6-7,9H2/t11-/m1/s1. The summed E-state index contributed by atoms with van der Waals surface area (Å²) in [5, 5.41) is 3.12. The Morgan fingerprint density at radius 3 is 2.80 bits per heavy atom. The zero-order valence-corrected chi connectivity index (χ0v) is 8.48. The second-order valence-corrected chi connectivity index (χ2v) is 3.61. The largest absolute Gasteiger partial charge is 0.461 e. The average Bonchev–Trinajstić information content (AvgIpc) is 2.22. The quantitative estimate of drug-likeness (QED) is 0.751. The number of carbonyl (C=O) groups excluding carboxylic acids is 1. The number of benzene rings is 1. The van der Waals surface area contributed by atoms with Gasteiger partial charge in [-0.05, 0) is 18.5 Å². The van der Waals surface area contributed by atoms with E-state index in [0.717, 1.165) is 18.5 Å². The van der Waals surface area contributed by atoms with Crippen LogP contribution >= 0.6 is 0 Å². The summed E-state index contributed by atoms with van der Waals surface area (Å²) < 4.78 is 5.10. The van der Waals surface area contributed by atoms with E-state index in [1.165, 1.54) is 0 Å². The molecular formula is C12H14NO2. The fourth-order valence-electron chi connectivity index (χ4n) is 1.39. The number of carbonyl (C=O) groups is 1. The summed E-state index contributed by atoms with van der Waals surface area (Å²) in [6.07, 6.45) is 2.63. The number of esters is 1. The fraction of sp³-hybridized carbons (Fsp3) is 0.333. The molecule has 3 heteroatoms. The van der Waals surface area contributed by atoms with Gasteiger partial charge in [0.05, 0.1) is 6.42 Å². The highest BCUT2D eigenvalue weighted by Crippen LogP contribution is 2.07. The van der Waals surface area contributed by atoms with Crippen LogP contribution in [-0.4, -0.2) is 18.6 Å². The summed E-state index contributed by atoms with van der Waals surface area (Å²) in [5.74, 6) is -0.240. The average molecular weight is 204 g/mol. The third-order valence-corrected chi connectivity index (χ3v) is 2.42. The molecule has 0 spiro atoms. The van der Waals surface area contributed by atoms with E-state index in [1.54, 1.807) is 6.42 Å². The summed E-state index contributed by atoms with van der Waals surface area (Å²) in [6.45, 7) is 1.34. The second-order valence-electron chi connectivity index (χ2n) is 3.61. The van der Waals surface area contributed by atoms with Crippen LogP contribution in [0.25, 0.3) is 0 Å². The first kappa shape index (κ1) is 10.2. The molecule has 1 saturated heterocycles. The zero-order chi connectivity index (χ0) is 10.5. The molecular weight excluding hydrogens is 190 g/mol. The Morgan fingerprint density at radius 1 is 1.47 bits per heavy atom. The summed E-state index contributed by atoms with van der Waals surface area (Å²) in [6, 6.07) is 9.90. The van der Waals surface area contributed by atoms with Gasteiger partial charge in [-0.1, -0.05) is 30.3 Å². The van der Waals surface area contributed by atoms with Crippen molar-refractivity contribution in [3.8, 4) is 0 Å². The van der Waals surface area contributed by atoms with Crippen molar-refractivity contribution < 1.29 is 9.53 Å². The normalized spacial score (nSPS) is 19.3. The maximum Gasteiger partial charge on any atom is 0.311 e. The summed E-state index contributed by atoms with van der Waals surface area (Å²) >= 11 is 0. The molecule has 1 N–H and O–H groups in total. The van der Waals surface area contributed by atoms with E-state index in [2.05, 4.69) is 5.32 Å². The van der Waals surface area contributed by atoms with Gasteiger partial charge in [0, 0.05) is 6.04 Å². The third-order valence-electron chi connectivity index (χ3n) is 2.42. The van der Waals surface area contributed by atoms with Crippen LogP contribution in [-0.2, 0) is 16.1 Å². The van der Waals surface area contributed by atoms with Gasteiger partial charge >= 0.3 is 5.97 Å². The molecule has 0 aromatic heterocycles. The van der Waals surface area contributed by atoms with Crippen LogP contribution in [0.15, 0.2) is 30.3 Å². The molecule has 0 unspecified atom stereocenters. The third kappa shape index (κ3) is 3.06. The van der Waals surface area contributed by atoms with Crippen LogP contribution in [0.4, 0.5) is 0 Å². The van der Waals surface area contributed by atoms with Crippen molar-refractivity contribution >= 4 is 5.97 Å². The predicted molar refractivity (Wildman–Crippen MR) is 56.9 cm³/mol. The van der Waals surface area contributed by atoms with Gasteiger partial charge in [-0.2, -0.15) is 0 Å². The molecule has 1 aliphatic rings. The van der Waals surface area contributed by atoms with E-state index in [1.807, 2.05) is 30.3 Å². The van der Waals surface area contributed by atoms with Gasteiger partial charge in [-0.3, -0.25) is 4.79 Å². The first-order chi connectivity index (χ1) is 7.34. The van der Waals surface area contributed by atoms with Crippen molar-refractivity contribution in [2.24, 2.45) is 0 Å². The highest BCUT2D eigenvalue weighted by Gasteiger charge is 2.20. The number of ether oxygens (including phenoxy) is 1. The van der Waals surface area contributed by atoms with E-state index in [0.29, 0.717) is 6.61 Å². The molecule has 2 rings (SSSR count). The number of rotatable bonds is 4. The SMILES string of the molecule is O=C([CH][C@H]1CCN1)OCc1ccccc1. The highest BCUT2D eigenvalue weighted by atomic mass is 16.5. The van der Waals surface area contributed by atoms with Crippen LogP contribution in [0.2, 0.25) is 0 Å². The van der Waals surface area contributed by atoms with Crippen molar-refractivity contribution in [2.45, 2.75) is 19.1 Å². The van der Waals surface area contributed by atoms with Gasteiger partial charge in [0.15, 0.2) is 0 Å². The molecule has 3 nitrogen and oxygen atoms in total. The Labute approximate surface area is 89.4 Å². The van der Waals surface area contributed by atoms with Crippen molar-refractivity contribution in [3.05, 3.63) is 42.3 Å². The summed E-state index contributed by atoms with van der Waals surface area (Å²) in [7, 11) is 0. The lowest BCUT2D eigenvalue weighted by atomic mass is 10.0. The topological polar surface area (TPSA) is 38.3 Å². The Balaban J connectivity index is 1.71. The molecule has 0 amide bonds. The molecule has 0 bridgehead atoms. The van der Waals surface area contributed by atoms with Gasteiger partial charge in [-0.25, -0.2) is 0 Å². The number of nitrogens with one attached hydrogen (secondary N) is 1. The van der Waals surface area contributed by atoms with Crippen LogP contribution in [0.1, 0.15) is 12.0 Å². The first-order valence-corrected chi connectivity index (χ1v) is 5.13. The Morgan fingerprint density at radius 2 is 2.20 bits per heavy atom. The smallest absolute Gasteiger partial charge is 0.311 e. The van der Waals surface area contributed by atoms with Crippen LogP contribution in [0.3, 0.4) is 0 Å². The maximum absolute atomic E-state index is 11.3. The molecule has 1 aliphatic heterocycles. The van der Waals surface area contributed by atoms with Crippen LogP contribution in [0, 0.1) is 6.42 Å². The molecule has 1 atom stereocenters. The predicted octanol–water partition coefficient (Wildman–Crippen LogP) is 1.30. The summed E-state index contributed by atoms with van der Waals surface area (Å²) in [5.41, 5.74) is 1.01. The number of hydrogen-bond acceptors (Lipinski definition) is 3. The summed E-state index contributed by atoms with van der Waals surface area (Å²) in [4.78, 5) is 11.3. The highest BCUT2D eigenvalue weighted by molar-refractivity contribution is 5.80. The molecule has 79 valence electrons. The lowest BCUT2D eigenvalue weighted by Gasteiger charge is -2.26. The lowest BCUT2D eigenvalue weighted by Crippen LogP contribution is -2.44. The van der Waals surface area contributed by atoms with Crippen molar-refractivity contribution in [1.29, 1.82) is 0 Å². The Hall–Kier alpha value is -1.35. The molecule has 1 aromatic rings. The first-order valence-electron chi connectivity index (χ1n) is 5.13.